The second-order valence-electron chi connectivity index (χ2n) is 3.49. The molecule has 0 saturated heterocycles. The zero-order valence-electron chi connectivity index (χ0n) is 8.59. The second kappa shape index (κ2) is 3.71. The topological polar surface area (TPSA) is 63.6 Å². The van der Waals surface area contributed by atoms with Crippen molar-refractivity contribution in [1.82, 2.24) is 19.5 Å². The van der Waals surface area contributed by atoms with Gasteiger partial charge in [0.1, 0.15) is 6.33 Å². The summed E-state index contributed by atoms with van der Waals surface area (Å²) in [6.45, 7) is 0. The Balaban J connectivity index is 2.28. The molecule has 0 aliphatic rings. The summed E-state index contributed by atoms with van der Waals surface area (Å²) in [6.07, 6.45) is 2.93. The molecule has 0 aliphatic carbocycles. The fourth-order valence-electron chi connectivity index (χ4n) is 1.64. The predicted octanol–water partition coefficient (Wildman–Crippen LogP) is 1.76. The Labute approximate surface area is 101 Å². The highest BCUT2D eigenvalue weighted by atomic mass is 35.5. The van der Waals surface area contributed by atoms with Crippen LogP contribution in [0.1, 0.15) is 0 Å². The highest BCUT2D eigenvalue weighted by molar-refractivity contribution is 6.30. The molecule has 6 heteroatoms. The van der Waals surface area contributed by atoms with Crippen LogP contribution in [0.15, 0.2) is 41.7 Å². The third kappa shape index (κ3) is 1.60. The monoisotopic (exact) mass is 246 g/mol. The maximum Gasteiger partial charge on any atom is 0.278 e. The van der Waals surface area contributed by atoms with Crippen LogP contribution in [-0.2, 0) is 0 Å². The van der Waals surface area contributed by atoms with Gasteiger partial charge in [-0.05, 0) is 24.3 Å². The Kier molecular flexibility index (Phi) is 2.19. The van der Waals surface area contributed by atoms with E-state index < -0.39 is 0 Å². The molecule has 0 aliphatic heterocycles. The Bertz CT molecular complexity index is 729. The molecule has 84 valence electrons. The van der Waals surface area contributed by atoms with Gasteiger partial charge in [-0.15, -0.1) is 0 Å². The van der Waals surface area contributed by atoms with E-state index in [4.69, 9.17) is 11.6 Å². The molecule has 0 saturated carbocycles. The summed E-state index contributed by atoms with van der Waals surface area (Å²) < 4.78 is 1.74. The molecule has 2 aromatic heterocycles. The third-order valence-corrected chi connectivity index (χ3v) is 2.70. The standard InChI is InChI=1S/C11H7ClN4O/c12-7-1-3-8(4-2-7)16-6-15-9-10(16)13-5-14-11(9)17/h1-6H,(H,13,14,17). The number of aromatic nitrogens is 4. The van der Waals surface area contributed by atoms with Gasteiger partial charge in [-0.3, -0.25) is 9.36 Å². The molecule has 17 heavy (non-hydrogen) atoms. The van der Waals surface area contributed by atoms with Crippen LogP contribution in [0.2, 0.25) is 5.02 Å². The molecule has 1 aromatic carbocycles. The van der Waals surface area contributed by atoms with Crippen molar-refractivity contribution in [2.45, 2.75) is 0 Å². The summed E-state index contributed by atoms with van der Waals surface area (Å²) in [5.41, 5.74) is 1.45. The Morgan fingerprint density at radius 1 is 1.18 bits per heavy atom. The smallest absolute Gasteiger partial charge is 0.278 e. The van der Waals surface area contributed by atoms with Crippen LogP contribution in [0.3, 0.4) is 0 Å². The number of imidazole rings is 1. The first kappa shape index (κ1) is 10.0. The maximum absolute atomic E-state index is 11.5. The number of aromatic amines is 1. The minimum atomic E-state index is -0.247. The average Bonchev–Trinajstić information content (AvgIpc) is 2.75. The molecule has 2 heterocycles. The van der Waals surface area contributed by atoms with Gasteiger partial charge in [-0.2, -0.15) is 0 Å². The summed E-state index contributed by atoms with van der Waals surface area (Å²) in [6, 6.07) is 7.23. The summed E-state index contributed by atoms with van der Waals surface area (Å²) in [5, 5.41) is 0.656. The molecule has 0 bridgehead atoms. The van der Waals surface area contributed by atoms with E-state index >= 15 is 0 Å². The lowest BCUT2D eigenvalue weighted by molar-refractivity contribution is 1.06. The van der Waals surface area contributed by atoms with E-state index in [0.29, 0.717) is 16.2 Å². The molecule has 3 aromatic rings. The largest absolute Gasteiger partial charge is 0.311 e. The second-order valence-corrected chi connectivity index (χ2v) is 3.93. The highest BCUT2D eigenvalue weighted by Gasteiger charge is 2.08. The van der Waals surface area contributed by atoms with E-state index in [-0.39, 0.29) is 5.56 Å². The summed E-state index contributed by atoms with van der Waals surface area (Å²) in [7, 11) is 0. The lowest BCUT2D eigenvalue weighted by Gasteiger charge is -2.02. The fraction of sp³-hybridized carbons (Fsp3) is 0. The molecule has 0 amide bonds. The molecule has 0 atom stereocenters. The molecular weight excluding hydrogens is 240 g/mol. The van der Waals surface area contributed by atoms with Crippen LogP contribution < -0.4 is 5.56 Å². The van der Waals surface area contributed by atoms with Gasteiger partial charge in [-0.25, -0.2) is 9.97 Å². The van der Waals surface area contributed by atoms with E-state index in [1.54, 1.807) is 23.0 Å². The fourth-order valence-corrected chi connectivity index (χ4v) is 1.76. The molecule has 0 radical (unpaired) electrons. The first-order valence-corrected chi connectivity index (χ1v) is 5.30. The lowest BCUT2D eigenvalue weighted by atomic mass is 10.3. The highest BCUT2D eigenvalue weighted by Crippen LogP contribution is 2.16. The van der Waals surface area contributed by atoms with Crippen molar-refractivity contribution < 1.29 is 0 Å². The van der Waals surface area contributed by atoms with Crippen LogP contribution in [0.4, 0.5) is 0 Å². The van der Waals surface area contributed by atoms with Crippen LogP contribution in [0, 0.1) is 0 Å². The number of benzene rings is 1. The van der Waals surface area contributed by atoms with E-state index in [1.165, 1.54) is 6.33 Å². The molecule has 1 N–H and O–H groups in total. The number of fused-ring (bicyclic) bond motifs is 1. The SMILES string of the molecule is O=c1[nH]cnc2c1ncn2-c1ccc(Cl)cc1. The van der Waals surface area contributed by atoms with Gasteiger partial charge in [-0.1, -0.05) is 11.6 Å². The zero-order valence-corrected chi connectivity index (χ0v) is 9.35. The van der Waals surface area contributed by atoms with Gasteiger partial charge < -0.3 is 4.98 Å². The zero-order chi connectivity index (χ0) is 11.8. The normalized spacial score (nSPS) is 10.9. The van der Waals surface area contributed by atoms with Crippen LogP contribution in [0.5, 0.6) is 0 Å². The Hall–Kier alpha value is -2.14. The van der Waals surface area contributed by atoms with Crippen molar-refractivity contribution in [2.75, 3.05) is 0 Å². The number of hydrogen-bond donors (Lipinski definition) is 1. The van der Waals surface area contributed by atoms with Gasteiger partial charge >= 0.3 is 0 Å². The number of nitrogens with one attached hydrogen (secondary N) is 1. The summed E-state index contributed by atoms with van der Waals surface area (Å²) >= 11 is 5.82. The van der Waals surface area contributed by atoms with E-state index in [0.717, 1.165) is 5.69 Å². The van der Waals surface area contributed by atoms with Crippen LogP contribution in [-0.4, -0.2) is 19.5 Å². The number of hydrogen-bond acceptors (Lipinski definition) is 3. The molecule has 0 fully saturated rings. The minimum absolute atomic E-state index is 0.247. The maximum atomic E-state index is 11.5. The molecular formula is C11H7ClN4O. The number of halogens is 1. The molecule has 5 nitrogen and oxygen atoms in total. The Morgan fingerprint density at radius 2 is 1.94 bits per heavy atom. The van der Waals surface area contributed by atoms with Crippen molar-refractivity contribution in [3.05, 3.63) is 52.3 Å². The van der Waals surface area contributed by atoms with Crippen molar-refractivity contribution in [2.24, 2.45) is 0 Å². The van der Waals surface area contributed by atoms with E-state index in [2.05, 4.69) is 15.0 Å². The van der Waals surface area contributed by atoms with Crippen molar-refractivity contribution in [3.63, 3.8) is 0 Å². The first-order valence-electron chi connectivity index (χ1n) is 4.92. The van der Waals surface area contributed by atoms with E-state index in [9.17, 15) is 4.79 Å². The molecule has 3 rings (SSSR count). The first-order chi connectivity index (χ1) is 8.25. The van der Waals surface area contributed by atoms with Crippen LogP contribution >= 0.6 is 11.6 Å². The quantitative estimate of drug-likeness (QED) is 0.712. The molecule has 0 unspecified atom stereocenters. The van der Waals surface area contributed by atoms with Gasteiger partial charge in [0.15, 0.2) is 11.2 Å². The lowest BCUT2D eigenvalue weighted by Crippen LogP contribution is -2.06. The van der Waals surface area contributed by atoms with Crippen molar-refractivity contribution >= 4 is 22.8 Å². The van der Waals surface area contributed by atoms with Crippen molar-refractivity contribution in [1.29, 1.82) is 0 Å². The van der Waals surface area contributed by atoms with Crippen molar-refractivity contribution in [3.8, 4) is 5.69 Å². The number of rotatable bonds is 1. The average molecular weight is 247 g/mol. The third-order valence-electron chi connectivity index (χ3n) is 2.44. The molecule has 0 spiro atoms. The number of H-pyrrole nitrogens is 1. The summed E-state index contributed by atoms with van der Waals surface area (Å²) in [4.78, 5) is 22.1. The van der Waals surface area contributed by atoms with Gasteiger partial charge in [0, 0.05) is 10.7 Å². The van der Waals surface area contributed by atoms with Gasteiger partial charge in [0.25, 0.3) is 5.56 Å². The summed E-state index contributed by atoms with van der Waals surface area (Å²) in [5.74, 6) is 0. The Morgan fingerprint density at radius 3 is 2.71 bits per heavy atom. The van der Waals surface area contributed by atoms with Gasteiger partial charge in [0.05, 0.1) is 6.33 Å². The predicted molar refractivity (Wildman–Crippen MR) is 64.5 cm³/mol. The van der Waals surface area contributed by atoms with Gasteiger partial charge in [0.2, 0.25) is 0 Å². The number of nitrogens with zero attached hydrogens (tertiary/aromatic N) is 3. The van der Waals surface area contributed by atoms with Crippen LogP contribution in [0.25, 0.3) is 16.9 Å². The van der Waals surface area contributed by atoms with E-state index in [1.807, 2.05) is 12.1 Å². The minimum Gasteiger partial charge on any atom is -0.311 e.